The van der Waals surface area contributed by atoms with Crippen molar-refractivity contribution in [2.75, 3.05) is 26.0 Å². The summed E-state index contributed by atoms with van der Waals surface area (Å²) in [6, 6.07) is 10.3. The summed E-state index contributed by atoms with van der Waals surface area (Å²) >= 11 is 0. The van der Waals surface area contributed by atoms with Crippen molar-refractivity contribution in [3.05, 3.63) is 52.9 Å². The molecule has 3 rings (SSSR count). The highest BCUT2D eigenvalue weighted by Gasteiger charge is 2.14. The highest BCUT2D eigenvalue weighted by Crippen LogP contribution is 2.22. The van der Waals surface area contributed by atoms with Crippen LogP contribution in [0.4, 0.5) is 5.82 Å². The molecule has 0 unspecified atom stereocenters. The number of guanidine groups is 1. The molecule has 2 N–H and O–H groups in total. The molecule has 2 heterocycles. The molecule has 7 heteroatoms. The molecule has 1 aromatic carbocycles. The predicted molar refractivity (Wildman–Crippen MR) is 118 cm³/mol. The standard InChI is InChI=1S/C22H30N6O/c1-6-18-17(20(7-2)29-27-18)14-25-22(23-3)24-13-15-12-21(28(4)5)26-19-11-9-8-10-16(15)19/h8-12H,6-7,13-14H2,1-5H3,(H2,23,24,25). The van der Waals surface area contributed by atoms with Gasteiger partial charge in [-0.3, -0.25) is 4.99 Å². The lowest BCUT2D eigenvalue weighted by atomic mass is 10.1. The Labute approximate surface area is 172 Å². The second-order valence-electron chi connectivity index (χ2n) is 7.07. The number of aliphatic imine (C=N–C) groups is 1. The van der Waals surface area contributed by atoms with E-state index in [1.54, 1.807) is 7.05 Å². The van der Waals surface area contributed by atoms with Crippen LogP contribution in [0.3, 0.4) is 0 Å². The van der Waals surface area contributed by atoms with E-state index >= 15 is 0 Å². The van der Waals surface area contributed by atoms with Gasteiger partial charge in [0.25, 0.3) is 0 Å². The maximum absolute atomic E-state index is 5.45. The molecule has 0 atom stereocenters. The first-order valence-corrected chi connectivity index (χ1v) is 10.0. The number of aryl methyl sites for hydroxylation is 2. The van der Waals surface area contributed by atoms with Gasteiger partial charge in [-0.25, -0.2) is 4.98 Å². The highest BCUT2D eigenvalue weighted by atomic mass is 16.5. The number of nitrogens with one attached hydrogen (secondary N) is 2. The minimum absolute atomic E-state index is 0.634. The van der Waals surface area contributed by atoms with Gasteiger partial charge in [0.1, 0.15) is 11.6 Å². The van der Waals surface area contributed by atoms with E-state index in [1.165, 1.54) is 5.56 Å². The van der Waals surface area contributed by atoms with Crippen molar-refractivity contribution >= 4 is 22.7 Å². The summed E-state index contributed by atoms with van der Waals surface area (Å²) in [5.74, 6) is 2.61. The van der Waals surface area contributed by atoms with Gasteiger partial charge < -0.3 is 20.1 Å². The first kappa shape index (κ1) is 20.6. The zero-order chi connectivity index (χ0) is 20.8. The van der Waals surface area contributed by atoms with E-state index in [0.717, 1.165) is 52.5 Å². The van der Waals surface area contributed by atoms with E-state index < -0.39 is 0 Å². The third-order valence-electron chi connectivity index (χ3n) is 4.96. The molecule has 0 radical (unpaired) electrons. The first-order chi connectivity index (χ1) is 14.1. The Balaban J connectivity index is 1.74. The van der Waals surface area contributed by atoms with Gasteiger partial charge in [-0.15, -0.1) is 0 Å². The SMILES string of the molecule is CCc1noc(CC)c1CNC(=NC)NCc1cc(N(C)C)nc2ccccc12. The Morgan fingerprint density at radius 1 is 1.10 bits per heavy atom. The van der Waals surface area contributed by atoms with Crippen LogP contribution < -0.4 is 15.5 Å². The number of rotatable bonds is 7. The Morgan fingerprint density at radius 3 is 2.55 bits per heavy atom. The third kappa shape index (κ3) is 4.67. The normalized spacial score (nSPS) is 11.7. The third-order valence-corrected chi connectivity index (χ3v) is 4.96. The van der Waals surface area contributed by atoms with Crippen LogP contribution in [0.1, 0.15) is 36.4 Å². The molecule has 0 bridgehead atoms. The Hall–Kier alpha value is -3.09. The molecule has 154 valence electrons. The van der Waals surface area contributed by atoms with E-state index in [2.05, 4.69) is 46.8 Å². The summed E-state index contributed by atoms with van der Waals surface area (Å²) in [5.41, 5.74) is 4.29. The fourth-order valence-corrected chi connectivity index (χ4v) is 3.32. The van der Waals surface area contributed by atoms with Crippen LogP contribution in [0.2, 0.25) is 0 Å². The number of hydrogen-bond acceptors (Lipinski definition) is 5. The minimum Gasteiger partial charge on any atom is -0.363 e. The van der Waals surface area contributed by atoms with Gasteiger partial charge in [0, 0.05) is 51.6 Å². The number of aromatic nitrogens is 2. The van der Waals surface area contributed by atoms with Gasteiger partial charge in [-0.1, -0.05) is 37.2 Å². The number of nitrogens with zero attached hydrogens (tertiary/aromatic N) is 4. The Morgan fingerprint density at radius 2 is 1.86 bits per heavy atom. The lowest BCUT2D eigenvalue weighted by molar-refractivity contribution is 0.380. The molecule has 0 aliphatic rings. The molecule has 29 heavy (non-hydrogen) atoms. The van der Waals surface area contributed by atoms with Crippen LogP contribution in [-0.4, -0.2) is 37.2 Å². The van der Waals surface area contributed by atoms with Crippen LogP contribution in [0, 0.1) is 0 Å². The van der Waals surface area contributed by atoms with Gasteiger partial charge in [0.05, 0.1) is 11.2 Å². The van der Waals surface area contributed by atoms with Crippen molar-refractivity contribution in [3.8, 4) is 0 Å². The van der Waals surface area contributed by atoms with E-state index in [9.17, 15) is 0 Å². The molecular weight excluding hydrogens is 364 g/mol. The zero-order valence-corrected chi connectivity index (χ0v) is 17.9. The van der Waals surface area contributed by atoms with Crippen molar-refractivity contribution in [2.45, 2.75) is 39.8 Å². The smallest absolute Gasteiger partial charge is 0.191 e. The summed E-state index contributed by atoms with van der Waals surface area (Å²) in [7, 11) is 5.79. The van der Waals surface area contributed by atoms with E-state index in [0.29, 0.717) is 13.1 Å². The van der Waals surface area contributed by atoms with E-state index in [1.807, 2.05) is 37.2 Å². The number of benzene rings is 1. The minimum atomic E-state index is 0.634. The molecule has 0 fully saturated rings. The van der Waals surface area contributed by atoms with Crippen molar-refractivity contribution in [3.63, 3.8) is 0 Å². The quantitative estimate of drug-likeness (QED) is 0.473. The van der Waals surface area contributed by atoms with E-state index in [4.69, 9.17) is 9.51 Å². The summed E-state index contributed by atoms with van der Waals surface area (Å²) in [6.07, 6.45) is 1.68. The van der Waals surface area contributed by atoms with Gasteiger partial charge in [-0.2, -0.15) is 0 Å². The van der Waals surface area contributed by atoms with Gasteiger partial charge in [0.15, 0.2) is 5.96 Å². The zero-order valence-electron chi connectivity index (χ0n) is 17.9. The van der Waals surface area contributed by atoms with E-state index in [-0.39, 0.29) is 0 Å². The molecule has 0 amide bonds. The second kappa shape index (κ2) is 9.41. The number of anilines is 1. The van der Waals surface area contributed by atoms with Crippen LogP contribution in [0.25, 0.3) is 10.9 Å². The monoisotopic (exact) mass is 394 g/mol. The average molecular weight is 395 g/mol. The van der Waals surface area contributed by atoms with Crippen LogP contribution >= 0.6 is 0 Å². The summed E-state index contributed by atoms with van der Waals surface area (Å²) in [4.78, 5) is 11.1. The maximum atomic E-state index is 5.45. The highest BCUT2D eigenvalue weighted by molar-refractivity contribution is 5.85. The average Bonchev–Trinajstić information content (AvgIpc) is 3.15. The molecular formula is C22H30N6O. The molecule has 0 saturated heterocycles. The van der Waals surface area contributed by atoms with Crippen LogP contribution in [-0.2, 0) is 25.9 Å². The van der Waals surface area contributed by atoms with Crippen LogP contribution in [0.5, 0.6) is 0 Å². The first-order valence-electron chi connectivity index (χ1n) is 10.0. The van der Waals surface area contributed by atoms with Gasteiger partial charge in [-0.05, 0) is 24.1 Å². The molecule has 0 saturated carbocycles. The summed E-state index contributed by atoms with van der Waals surface area (Å²) < 4.78 is 5.45. The molecule has 0 aliphatic carbocycles. The Bertz CT molecular complexity index is 971. The number of pyridine rings is 1. The topological polar surface area (TPSA) is 78.6 Å². The number of para-hydroxylation sites is 1. The summed E-state index contributed by atoms with van der Waals surface area (Å²) in [6.45, 7) is 5.45. The molecule has 0 spiro atoms. The number of hydrogen-bond donors (Lipinski definition) is 2. The molecule has 7 nitrogen and oxygen atoms in total. The molecule has 3 aromatic rings. The Kier molecular flexibility index (Phi) is 6.69. The number of fused-ring (bicyclic) bond motifs is 1. The van der Waals surface area contributed by atoms with Crippen molar-refractivity contribution in [1.82, 2.24) is 20.8 Å². The van der Waals surface area contributed by atoms with Crippen molar-refractivity contribution in [2.24, 2.45) is 4.99 Å². The lowest BCUT2D eigenvalue weighted by Crippen LogP contribution is -2.36. The fraction of sp³-hybridized carbons (Fsp3) is 0.409. The van der Waals surface area contributed by atoms with Gasteiger partial charge in [0.2, 0.25) is 0 Å². The largest absolute Gasteiger partial charge is 0.363 e. The fourth-order valence-electron chi connectivity index (χ4n) is 3.32. The second-order valence-corrected chi connectivity index (χ2v) is 7.07. The maximum Gasteiger partial charge on any atom is 0.191 e. The molecule has 2 aromatic heterocycles. The van der Waals surface area contributed by atoms with Crippen molar-refractivity contribution in [1.29, 1.82) is 0 Å². The summed E-state index contributed by atoms with van der Waals surface area (Å²) in [5, 5.41) is 12.1. The van der Waals surface area contributed by atoms with Crippen molar-refractivity contribution < 1.29 is 4.52 Å². The lowest BCUT2D eigenvalue weighted by Gasteiger charge is -2.17. The van der Waals surface area contributed by atoms with Gasteiger partial charge >= 0.3 is 0 Å². The predicted octanol–water partition coefficient (Wildman–Crippen LogP) is 3.28. The van der Waals surface area contributed by atoms with Crippen LogP contribution in [0.15, 0.2) is 39.8 Å². The molecule has 0 aliphatic heterocycles.